The predicted octanol–water partition coefficient (Wildman–Crippen LogP) is 2.45. The van der Waals surface area contributed by atoms with Gasteiger partial charge in [-0.15, -0.1) is 11.3 Å². The number of aromatic nitrogens is 2. The normalized spacial score (nSPS) is 10.7. The number of hydrogen-bond donors (Lipinski definition) is 2. The molecule has 1 aromatic carbocycles. The Hall–Kier alpha value is -3.20. The summed E-state index contributed by atoms with van der Waals surface area (Å²) in [6.45, 7) is 4.31. The SMILES string of the molecule is CCOc1ccccc1C(=O)NCCCC(=O)Nn1c(C)nc2sccc2c1=O. The average Bonchev–Trinajstić information content (AvgIpc) is 3.17. The molecule has 9 heteroatoms. The average molecular weight is 414 g/mol. The Morgan fingerprint density at radius 1 is 1.24 bits per heavy atom. The molecule has 0 fully saturated rings. The summed E-state index contributed by atoms with van der Waals surface area (Å²) in [7, 11) is 0. The van der Waals surface area contributed by atoms with Crippen LogP contribution in [-0.4, -0.2) is 34.6 Å². The van der Waals surface area contributed by atoms with Gasteiger partial charge in [-0.3, -0.25) is 19.8 Å². The fourth-order valence-electron chi connectivity index (χ4n) is 2.81. The molecule has 0 unspecified atom stereocenters. The molecule has 29 heavy (non-hydrogen) atoms. The topological polar surface area (TPSA) is 102 Å². The molecule has 2 aromatic heterocycles. The number of nitrogens with zero attached hydrogens (tertiary/aromatic N) is 2. The minimum Gasteiger partial charge on any atom is -0.493 e. The van der Waals surface area contributed by atoms with Crippen LogP contribution >= 0.6 is 11.3 Å². The summed E-state index contributed by atoms with van der Waals surface area (Å²) in [5, 5.41) is 5.04. The van der Waals surface area contributed by atoms with E-state index in [0.29, 0.717) is 46.9 Å². The molecule has 0 aliphatic heterocycles. The second kappa shape index (κ2) is 9.33. The van der Waals surface area contributed by atoms with Crippen LogP contribution in [0.1, 0.15) is 35.9 Å². The van der Waals surface area contributed by atoms with Crippen molar-refractivity contribution in [1.82, 2.24) is 15.0 Å². The minimum atomic E-state index is -0.324. The number of ether oxygens (including phenoxy) is 1. The lowest BCUT2D eigenvalue weighted by Gasteiger charge is -2.12. The second-order valence-corrected chi connectivity index (χ2v) is 7.16. The zero-order chi connectivity index (χ0) is 20.8. The lowest BCUT2D eigenvalue weighted by atomic mass is 10.2. The maximum atomic E-state index is 12.5. The van der Waals surface area contributed by atoms with E-state index in [4.69, 9.17) is 4.74 Å². The summed E-state index contributed by atoms with van der Waals surface area (Å²) in [6, 6.07) is 8.69. The van der Waals surface area contributed by atoms with Crippen LogP contribution in [0.3, 0.4) is 0 Å². The summed E-state index contributed by atoms with van der Waals surface area (Å²) in [4.78, 5) is 42.0. The number of carbonyl (C=O) groups is 2. The first-order valence-corrected chi connectivity index (χ1v) is 10.2. The van der Waals surface area contributed by atoms with Gasteiger partial charge >= 0.3 is 0 Å². The van der Waals surface area contributed by atoms with Gasteiger partial charge in [-0.1, -0.05) is 12.1 Å². The summed E-state index contributed by atoms with van der Waals surface area (Å²) < 4.78 is 6.61. The van der Waals surface area contributed by atoms with Crippen molar-refractivity contribution in [3.63, 3.8) is 0 Å². The van der Waals surface area contributed by atoms with Crippen molar-refractivity contribution in [3.8, 4) is 5.75 Å². The third-order valence-corrected chi connectivity index (χ3v) is 5.01. The van der Waals surface area contributed by atoms with Crippen molar-refractivity contribution in [1.29, 1.82) is 0 Å². The molecule has 152 valence electrons. The number of nitrogens with one attached hydrogen (secondary N) is 2. The van der Waals surface area contributed by atoms with Crippen molar-refractivity contribution in [2.45, 2.75) is 26.7 Å². The molecular formula is C20H22N4O4S. The van der Waals surface area contributed by atoms with Gasteiger partial charge < -0.3 is 10.1 Å². The van der Waals surface area contributed by atoms with E-state index in [9.17, 15) is 14.4 Å². The Morgan fingerprint density at radius 3 is 2.83 bits per heavy atom. The van der Waals surface area contributed by atoms with E-state index in [0.717, 1.165) is 4.68 Å². The molecule has 2 heterocycles. The largest absolute Gasteiger partial charge is 0.493 e. The van der Waals surface area contributed by atoms with Gasteiger partial charge in [0.1, 0.15) is 16.4 Å². The van der Waals surface area contributed by atoms with Gasteiger partial charge in [0.05, 0.1) is 17.6 Å². The molecule has 0 aliphatic rings. The molecule has 0 saturated carbocycles. The molecule has 0 aliphatic carbocycles. The molecule has 0 spiro atoms. The van der Waals surface area contributed by atoms with E-state index in [1.54, 1.807) is 42.6 Å². The number of carbonyl (C=O) groups excluding carboxylic acids is 2. The highest BCUT2D eigenvalue weighted by atomic mass is 32.1. The Bertz CT molecular complexity index is 1090. The van der Waals surface area contributed by atoms with E-state index in [2.05, 4.69) is 15.7 Å². The lowest BCUT2D eigenvalue weighted by molar-refractivity contribution is -0.117. The zero-order valence-corrected chi connectivity index (χ0v) is 17.0. The van der Waals surface area contributed by atoms with Crippen LogP contribution in [0.4, 0.5) is 0 Å². The Morgan fingerprint density at radius 2 is 2.03 bits per heavy atom. The van der Waals surface area contributed by atoms with Crippen LogP contribution in [0, 0.1) is 6.92 Å². The van der Waals surface area contributed by atoms with E-state index in [1.165, 1.54) is 11.3 Å². The van der Waals surface area contributed by atoms with Gasteiger partial charge in [0.2, 0.25) is 5.91 Å². The van der Waals surface area contributed by atoms with Crippen LogP contribution in [0.25, 0.3) is 10.2 Å². The Kier molecular flexibility index (Phi) is 6.61. The van der Waals surface area contributed by atoms with Gasteiger partial charge in [0, 0.05) is 13.0 Å². The van der Waals surface area contributed by atoms with Gasteiger partial charge in [-0.05, 0) is 43.8 Å². The van der Waals surface area contributed by atoms with E-state index >= 15 is 0 Å². The van der Waals surface area contributed by atoms with Crippen molar-refractivity contribution in [2.24, 2.45) is 0 Å². The van der Waals surface area contributed by atoms with Crippen molar-refractivity contribution < 1.29 is 14.3 Å². The first-order valence-electron chi connectivity index (χ1n) is 9.28. The number of aryl methyl sites for hydroxylation is 1. The highest BCUT2D eigenvalue weighted by Crippen LogP contribution is 2.17. The molecule has 2 amide bonds. The number of benzene rings is 1. The number of para-hydroxylation sites is 1. The number of amides is 2. The van der Waals surface area contributed by atoms with Crippen molar-refractivity contribution in [2.75, 3.05) is 18.6 Å². The van der Waals surface area contributed by atoms with Crippen LogP contribution < -0.4 is 21.0 Å². The summed E-state index contributed by atoms with van der Waals surface area (Å²) in [5.74, 6) is 0.361. The third-order valence-electron chi connectivity index (χ3n) is 4.20. The standard InChI is InChI=1S/C20H22N4O4S/c1-3-28-16-8-5-4-7-14(16)18(26)21-11-6-9-17(25)23-24-13(2)22-19-15(20(24)27)10-12-29-19/h4-5,7-8,10,12H,3,6,9,11H2,1-2H3,(H,21,26)(H,23,25). The molecule has 3 rings (SSSR count). The quantitative estimate of drug-likeness (QED) is 0.551. The Balaban J connectivity index is 1.52. The fourth-order valence-corrected chi connectivity index (χ4v) is 3.61. The molecule has 2 N–H and O–H groups in total. The van der Waals surface area contributed by atoms with Gasteiger partial charge in [0.25, 0.3) is 11.5 Å². The predicted molar refractivity (Wildman–Crippen MR) is 112 cm³/mol. The van der Waals surface area contributed by atoms with E-state index < -0.39 is 0 Å². The number of hydrogen-bond acceptors (Lipinski definition) is 6. The molecule has 8 nitrogen and oxygen atoms in total. The third kappa shape index (κ3) is 4.80. The second-order valence-electron chi connectivity index (χ2n) is 6.26. The van der Waals surface area contributed by atoms with Crippen LogP contribution in [0.2, 0.25) is 0 Å². The first kappa shape index (κ1) is 20.5. The van der Waals surface area contributed by atoms with E-state index in [1.807, 2.05) is 6.92 Å². The first-order chi connectivity index (χ1) is 14.0. The molecule has 0 radical (unpaired) electrons. The smallest absolute Gasteiger partial charge is 0.281 e. The van der Waals surface area contributed by atoms with Crippen molar-refractivity contribution >= 4 is 33.4 Å². The van der Waals surface area contributed by atoms with Gasteiger partial charge in [0.15, 0.2) is 0 Å². The number of fused-ring (bicyclic) bond motifs is 1. The summed E-state index contributed by atoms with van der Waals surface area (Å²) >= 11 is 1.38. The molecular weight excluding hydrogens is 392 g/mol. The van der Waals surface area contributed by atoms with Crippen molar-refractivity contribution in [3.05, 3.63) is 57.5 Å². The van der Waals surface area contributed by atoms with Gasteiger partial charge in [-0.2, -0.15) is 0 Å². The molecule has 3 aromatic rings. The highest BCUT2D eigenvalue weighted by molar-refractivity contribution is 7.16. The zero-order valence-electron chi connectivity index (χ0n) is 16.2. The molecule has 0 bridgehead atoms. The maximum Gasteiger partial charge on any atom is 0.281 e. The highest BCUT2D eigenvalue weighted by Gasteiger charge is 2.13. The van der Waals surface area contributed by atoms with E-state index in [-0.39, 0.29) is 23.8 Å². The fraction of sp³-hybridized carbons (Fsp3) is 0.300. The number of rotatable bonds is 8. The monoisotopic (exact) mass is 414 g/mol. The molecule has 0 saturated heterocycles. The van der Waals surface area contributed by atoms with Crippen LogP contribution in [-0.2, 0) is 4.79 Å². The minimum absolute atomic E-state index is 0.154. The lowest BCUT2D eigenvalue weighted by Crippen LogP contribution is -2.35. The summed E-state index contributed by atoms with van der Waals surface area (Å²) in [6.07, 6.45) is 0.581. The van der Waals surface area contributed by atoms with Crippen LogP contribution in [0.15, 0.2) is 40.5 Å². The van der Waals surface area contributed by atoms with Gasteiger partial charge in [-0.25, -0.2) is 9.66 Å². The maximum absolute atomic E-state index is 12.5. The number of thiophene rings is 1. The Labute approximate surface area is 171 Å². The molecule has 0 atom stereocenters. The summed E-state index contributed by atoms with van der Waals surface area (Å²) in [5.41, 5.74) is 2.73. The van der Waals surface area contributed by atoms with Crippen LogP contribution in [0.5, 0.6) is 5.75 Å².